The zero-order valence-corrected chi connectivity index (χ0v) is 13.8. The molecular weight excluding hydrogens is 288 g/mol. The first-order valence-corrected chi connectivity index (χ1v) is 8.19. The molecule has 1 fully saturated rings. The molecule has 2 rings (SSSR count). The van der Waals surface area contributed by atoms with Crippen LogP contribution >= 0.6 is 11.3 Å². The van der Waals surface area contributed by atoms with E-state index in [1.54, 1.807) is 11.9 Å². The van der Waals surface area contributed by atoms with Crippen molar-refractivity contribution in [2.45, 2.75) is 32.3 Å². The molecule has 7 heteroatoms. The molecule has 6 nitrogen and oxygen atoms in total. The van der Waals surface area contributed by atoms with Crippen LogP contribution in [-0.2, 0) is 4.74 Å². The number of carbonyl (C=O) groups excluding carboxylic acids is 1. The van der Waals surface area contributed by atoms with Crippen LogP contribution in [0.3, 0.4) is 0 Å². The van der Waals surface area contributed by atoms with E-state index in [1.165, 1.54) is 11.3 Å². The van der Waals surface area contributed by atoms with Crippen LogP contribution in [0.5, 0.6) is 0 Å². The summed E-state index contributed by atoms with van der Waals surface area (Å²) in [5.74, 6) is 0.249. The van der Waals surface area contributed by atoms with E-state index in [-0.39, 0.29) is 12.0 Å². The molecule has 1 aromatic rings. The van der Waals surface area contributed by atoms with Crippen molar-refractivity contribution < 1.29 is 9.53 Å². The highest BCUT2D eigenvalue weighted by Crippen LogP contribution is 2.28. The minimum absolute atomic E-state index is 0.0725. The maximum absolute atomic E-state index is 12.5. The first-order valence-electron chi connectivity index (χ1n) is 7.37. The molecular formula is C14H24N4O2S. The van der Waals surface area contributed by atoms with Gasteiger partial charge in [0.15, 0.2) is 5.13 Å². The van der Waals surface area contributed by atoms with Gasteiger partial charge in [-0.3, -0.25) is 4.79 Å². The lowest BCUT2D eigenvalue weighted by molar-refractivity contribution is 0.0591. The van der Waals surface area contributed by atoms with Gasteiger partial charge in [0, 0.05) is 33.8 Å². The van der Waals surface area contributed by atoms with Crippen LogP contribution in [0.1, 0.15) is 35.9 Å². The molecule has 1 saturated heterocycles. The molecule has 0 radical (unpaired) electrons. The molecule has 0 aromatic carbocycles. The topological polar surface area (TPSA) is 71.7 Å². The number of nitrogen functional groups attached to an aromatic ring is 1. The fraction of sp³-hybridized carbons (Fsp3) is 0.714. The van der Waals surface area contributed by atoms with E-state index < -0.39 is 0 Å². The zero-order valence-electron chi connectivity index (χ0n) is 13.0. The number of hydrogen-bond acceptors (Lipinski definition) is 6. The fourth-order valence-corrected chi connectivity index (χ4v) is 3.38. The van der Waals surface area contributed by atoms with Gasteiger partial charge >= 0.3 is 0 Å². The van der Waals surface area contributed by atoms with Crippen LogP contribution in [0.15, 0.2) is 0 Å². The number of ether oxygens (including phenoxy) is 1. The SMILES string of the molecule is CCCN(C)c1nc(N)c(C(=O)N(C)CC2CCCO2)s1. The first-order chi connectivity index (χ1) is 10.0. The summed E-state index contributed by atoms with van der Waals surface area (Å²) in [7, 11) is 3.75. The van der Waals surface area contributed by atoms with Crippen LogP contribution in [0, 0.1) is 0 Å². The fourth-order valence-electron chi connectivity index (χ4n) is 2.42. The van der Waals surface area contributed by atoms with Crippen LogP contribution in [0.25, 0.3) is 0 Å². The monoisotopic (exact) mass is 312 g/mol. The van der Waals surface area contributed by atoms with E-state index in [4.69, 9.17) is 10.5 Å². The summed E-state index contributed by atoms with van der Waals surface area (Å²) in [6.45, 7) is 4.40. The number of likely N-dealkylation sites (N-methyl/N-ethyl adjacent to an activating group) is 1. The smallest absolute Gasteiger partial charge is 0.267 e. The van der Waals surface area contributed by atoms with E-state index in [9.17, 15) is 4.79 Å². The molecule has 1 unspecified atom stereocenters. The number of carbonyl (C=O) groups is 1. The third-order valence-electron chi connectivity index (χ3n) is 3.57. The average molecular weight is 312 g/mol. The molecule has 0 bridgehead atoms. The summed E-state index contributed by atoms with van der Waals surface area (Å²) in [6, 6.07) is 0. The first kappa shape index (κ1) is 16.0. The molecule has 2 heterocycles. The largest absolute Gasteiger partial charge is 0.382 e. The Morgan fingerprint density at radius 1 is 1.52 bits per heavy atom. The molecule has 1 atom stereocenters. The lowest BCUT2D eigenvalue weighted by Gasteiger charge is -2.20. The molecule has 1 aliphatic heterocycles. The highest BCUT2D eigenvalue weighted by molar-refractivity contribution is 7.18. The van der Waals surface area contributed by atoms with Crippen LogP contribution in [0.4, 0.5) is 10.9 Å². The van der Waals surface area contributed by atoms with Gasteiger partial charge in [-0.15, -0.1) is 0 Å². The molecule has 1 aliphatic rings. The van der Waals surface area contributed by atoms with Crippen molar-refractivity contribution in [1.82, 2.24) is 9.88 Å². The van der Waals surface area contributed by atoms with E-state index >= 15 is 0 Å². The third kappa shape index (κ3) is 3.85. The van der Waals surface area contributed by atoms with Crippen molar-refractivity contribution >= 4 is 28.2 Å². The summed E-state index contributed by atoms with van der Waals surface area (Å²) in [5, 5.41) is 0.795. The maximum Gasteiger partial charge on any atom is 0.267 e. The van der Waals surface area contributed by atoms with Gasteiger partial charge in [-0.25, -0.2) is 4.98 Å². The summed E-state index contributed by atoms with van der Waals surface area (Å²) < 4.78 is 5.57. The average Bonchev–Trinajstić information content (AvgIpc) is 3.07. The molecule has 0 aliphatic carbocycles. The van der Waals surface area contributed by atoms with E-state index in [2.05, 4.69) is 11.9 Å². The Balaban J connectivity index is 2.04. The van der Waals surface area contributed by atoms with Gasteiger partial charge in [-0.2, -0.15) is 0 Å². The Morgan fingerprint density at radius 3 is 2.90 bits per heavy atom. The van der Waals surface area contributed by atoms with Crippen LogP contribution in [-0.4, -0.2) is 55.7 Å². The van der Waals surface area contributed by atoms with Gasteiger partial charge in [-0.1, -0.05) is 18.3 Å². The van der Waals surface area contributed by atoms with E-state index in [0.29, 0.717) is 17.2 Å². The van der Waals surface area contributed by atoms with Gasteiger partial charge < -0.3 is 20.3 Å². The minimum Gasteiger partial charge on any atom is -0.382 e. The Morgan fingerprint density at radius 2 is 2.29 bits per heavy atom. The maximum atomic E-state index is 12.5. The zero-order chi connectivity index (χ0) is 15.4. The number of nitrogens with zero attached hydrogens (tertiary/aromatic N) is 3. The minimum atomic E-state index is -0.0725. The summed E-state index contributed by atoms with van der Waals surface area (Å²) >= 11 is 1.36. The van der Waals surface area contributed by atoms with Crippen molar-refractivity contribution in [3.8, 4) is 0 Å². The number of anilines is 2. The van der Waals surface area contributed by atoms with Gasteiger partial charge in [-0.05, 0) is 19.3 Å². The van der Waals surface area contributed by atoms with E-state index in [0.717, 1.165) is 37.5 Å². The highest BCUT2D eigenvalue weighted by Gasteiger charge is 2.24. The number of nitrogens with two attached hydrogens (primary N) is 1. The second-order valence-corrected chi connectivity index (χ2v) is 6.43. The van der Waals surface area contributed by atoms with Crippen molar-refractivity contribution in [3.63, 3.8) is 0 Å². The van der Waals surface area contributed by atoms with Crippen molar-refractivity contribution in [2.75, 3.05) is 44.4 Å². The quantitative estimate of drug-likeness (QED) is 0.867. The number of thiazole rings is 1. The van der Waals surface area contributed by atoms with Gasteiger partial charge in [0.05, 0.1) is 6.10 Å². The van der Waals surface area contributed by atoms with Crippen molar-refractivity contribution in [1.29, 1.82) is 0 Å². The Hall–Kier alpha value is -1.34. The van der Waals surface area contributed by atoms with Crippen molar-refractivity contribution in [3.05, 3.63) is 4.88 Å². The third-order valence-corrected chi connectivity index (χ3v) is 4.74. The number of hydrogen-bond donors (Lipinski definition) is 1. The predicted molar refractivity (Wildman–Crippen MR) is 86.0 cm³/mol. The normalized spacial score (nSPS) is 18.0. The van der Waals surface area contributed by atoms with Crippen LogP contribution in [0.2, 0.25) is 0 Å². The van der Waals surface area contributed by atoms with Crippen molar-refractivity contribution in [2.24, 2.45) is 0 Å². The molecule has 21 heavy (non-hydrogen) atoms. The Labute approximate surface area is 129 Å². The number of aromatic nitrogens is 1. The second kappa shape index (κ2) is 7.09. The van der Waals surface area contributed by atoms with Gasteiger partial charge in [0.2, 0.25) is 0 Å². The summed E-state index contributed by atoms with van der Waals surface area (Å²) in [5.41, 5.74) is 5.92. The molecule has 1 aromatic heterocycles. The molecule has 2 N–H and O–H groups in total. The van der Waals surface area contributed by atoms with Gasteiger partial charge in [0.25, 0.3) is 5.91 Å². The molecule has 0 spiro atoms. The number of amides is 1. The molecule has 118 valence electrons. The standard InChI is InChI=1S/C14H24N4O2S/c1-4-7-17(2)14-16-12(15)11(21-14)13(19)18(3)9-10-6-5-8-20-10/h10H,4-9,15H2,1-3H3. The second-order valence-electron chi connectivity index (χ2n) is 5.45. The lowest BCUT2D eigenvalue weighted by atomic mass is 10.2. The summed E-state index contributed by atoms with van der Waals surface area (Å²) in [6.07, 6.45) is 3.26. The number of rotatable bonds is 6. The highest BCUT2D eigenvalue weighted by atomic mass is 32.1. The van der Waals surface area contributed by atoms with E-state index in [1.807, 2.05) is 11.9 Å². The lowest BCUT2D eigenvalue weighted by Crippen LogP contribution is -2.34. The predicted octanol–water partition coefficient (Wildman–Crippen LogP) is 1.82. The Kier molecular flexibility index (Phi) is 5.41. The van der Waals surface area contributed by atoms with Crippen LogP contribution < -0.4 is 10.6 Å². The molecule has 0 saturated carbocycles. The summed E-state index contributed by atoms with van der Waals surface area (Å²) in [4.78, 5) is 21.0. The molecule has 1 amide bonds. The Bertz CT molecular complexity index is 485. The van der Waals surface area contributed by atoms with Gasteiger partial charge in [0.1, 0.15) is 10.7 Å².